The lowest BCUT2D eigenvalue weighted by molar-refractivity contribution is -0.119. The molecule has 0 aliphatic rings. The number of thioether (sulfide) groups is 1. The average molecular weight is 340 g/mol. The molecule has 1 N–H and O–H groups in total. The van der Waals surface area contributed by atoms with Crippen LogP contribution >= 0.6 is 11.8 Å². The molecule has 3 aromatic rings. The van der Waals surface area contributed by atoms with Crippen molar-refractivity contribution < 1.29 is 9.21 Å². The van der Waals surface area contributed by atoms with Crippen molar-refractivity contribution in [2.24, 2.45) is 0 Å². The summed E-state index contributed by atoms with van der Waals surface area (Å²) in [6.07, 6.45) is 0. The topological polar surface area (TPSA) is 55.1 Å². The minimum atomic E-state index is -0.0456. The van der Waals surface area contributed by atoms with E-state index >= 15 is 0 Å². The molecule has 5 heteroatoms. The normalized spacial score (nSPS) is 12.3. The molecule has 0 bridgehead atoms. The fourth-order valence-corrected chi connectivity index (χ4v) is 3.20. The molecular weight excluding hydrogens is 320 g/mol. The van der Waals surface area contributed by atoms with Crippen molar-refractivity contribution in [1.82, 2.24) is 10.3 Å². The lowest BCUT2D eigenvalue weighted by Crippen LogP contribution is -2.28. The molecular formula is C19H20N2O2S. The van der Waals surface area contributed by atoms with E-state index in [1.54, 1.807) is 0 Å². The number of hydrogen-bond donors (Lipinski definition) is 1. The van der Waals surface area contributed by atoms with E-state index in [2.05, 4.69) is 40.6 Å². The Morgan fingerprint density at radius 3 is 2.67 bits per heavy atom. The van der Waals surface area contributed by atoms with Crippen LogP contribution in [0.4, 0.5) is 0 Å². The maximum Gasteiger partial charge on any atom is 0.256 e. The van der Waals surface area contributed by atoms with Gasteiger partial charge in [0.15, 0.2) is 0 Å². The first-order valence-corrected chi connectivity index (χ1v) is 8.86. The highest BCUT2D eigenvalue weighted by atomic mass is 32.2. The molecule has 4 nitrogen and oxygen atoms in total. The number of amides is 1. The van der Waals surface area contributed by atoms with Gasteiger partial charge in [-0.15, -0.1) is 0 Å². The summed E-state index contributed by atoms with van der Waals surface area (Å²) in [5.74, 6) is 1.05. The van der Waals surface area contributed by atoms with Gasteiger partial charge in [-0.2, -0.15) is 0 Å². The summed E-state index contributed by atoms with van der Waals surface area (Å²) >= 11 is 1.31. The molecule has 1 unspecified atom stereocenters. The number of carbonyl (C=O) groups is 1. The van der Waals surface area contributed by atoms with E-state index in [1.165, 1.54) is 22.5 Å². The van der Waals surface area contributed by atoms with E-state index in [4.69, 9.17) is 4.42 Å². The second kappa shape index (κ2) is 7.09. The van der Waals surface area contributed by atoms with Crippen LogP contribution in [0.2, 0.25) is 0 Å². The van der Waals surface area contributed by atoms with Gasteiger partial charge in [0.1, 0.15) is 5.76 Å². The summed E-state index contributed by atoms with van der Waals surface area (Å²) in [5, 5.41) is 5.94. The second-order valence-corrected chi connectivity index (χ2v) is 6.73. The van der Waals surface area contributed by atoms with Crippen LogP contribution < -0.4 is 5.32 Å². The summed E-state index contributed by atoms with van der Waals surface area (Å²) in [6.45, 7) is 5.76. The van der Waals surface area contributed by atoms with Crippen molar-refractivity contribution >= 4 is 28.4 Å². The molecule has 1 aromatic heterocycles. The van der Waals surface area contributed by atoms with Crippen molar-refractivity contribution in [1.29, 1.82) is 0 Å². The van der Waals surface area contributed by atoms with Crippen molar-refractivity contribution in [2.45, 2.75) is 32.0 Å². The molecule has 1 amide bonds. The number of rotatable bonds is 5. The zero-order valence-corrected chi connectivity index (χ0v) is 14.8. The number of aromatic nitrogens is 1. The van der Waals surface area contributed by atoms with Gasteiger partial charge >= 0.3 is 0 Å². The minimum Gasteiger partial charge on any atom is -0.437 e. The Morgan fingerprint density at radius 2 is 1.96 bits per heavy atom. The molecule has 0 aliphatic carbocycles. The summed E-state index contributed by atoms with van der Waals surface area (Å²) in [7, 11) is 0. The smallest absolute Gasteiger partial charge is 0.256 e. The number of carbonyl (C=O) groups excluding carboxylic acids is 1. The van der Waals surface area contributed by atoms with Gasteiger partial charge in [-0.05, 0) is 43.2 Å². The summed E-state index contributed by atoms with van der Waals surface area (Å²) in [4.78, 5) is 16.4. The molecule has 1 heterocycles. The van der Waals surface area contributed by atoms with Crippen molar-refractivity contribution in [3.63, 3.8) is 0 Å². The minimum absolute atomic E-state index is 0.0332. The van der Waals surface area contributed by atoms with Crippen molar-refractivity contribution in [3.8, 4) is 0 Å². The Morgan fingerprint density at radius 1 is 1.21 bits per heavy atom. The van der Waals surface area contributed by atoms with Gasteiger partial charge in [-0.1, -0.05) is 48.2 Å². The van der Waals surface area contributed by atoms with Crippen LogP contribution in [0.5, 0.6) is 0 Å². The molecule has 3 rings (SSSR count). The van der Waals surface area contributed by atoms with Crippen molar-refractivity contribution in [3.05, 3.63) is 59.5 Å². The predicted octanol–water partition coefficient (Wildman–Crippen LogP) is 4.41. The van der Waals surface area contributed by atoms with Gasteiger partial charge in [0, 0.05) is 0 Å². The first-order valence-electron chi connectivity index (χ1n) is 7.88. The summed E-state index contributed by atoms with van der Waals surface area (Å²) in [6, 6.07) is 14.4. The molecule has 124 valence electrons. The van der Waals surface area contributed by atoms with E-state index < -0.39 is 0 Å². The third-order valence-corrected chi connectivity index (χ3v) is 4.81. The van der Waals surface area contributed by atoms with E-state index in [9.17, 15) is 4.79 Å². The van der Waals surface area contributed by atoms with Crippen LogP contribution in [0.15, 0.2) is 52.1 Å². The van der Waals surface area contributed by atoms with E-state index in [0.29, 0.717) is 5.22 Å². The van der Waals surface area contributed by atoms with Gasteiger partial charge in [-0.3, -0.25) is 4.79 Å². The number of nitrogens with one attached hydrogen (secondary N) is 1. The molecule has 24 heavy (non-hydrogen) atoms. The SMILES string of the molecule is Cc1nc(SCC(=O)NC(C)c2ccc3ccccc3c2)oc1C. The molecule has 0 radical (unpaired) electrons. The maximum atomic E-state index is 12.2. The fourth-order valence-electron chi connectivity index (χ4n) is 2.48. The van der Waals surface area contributed by atoms with E-state index in [1.807, 2.05) is 32.9 Å². The monoisotopic (exact) mass is 340 g/mol. The Kier molecular flexibility index (Phi) is 4.90. The Bertz CT molecular complexity index is 853. The lowest BCUT2D eigenvalue weighted by Gasteiger charge is -2.14. The molecule has 0 spiro atoms. The maximum absolute atomic E-state index is 12.2. The van der Waals surface area contributed by atoms with Crippen molar-refractivity contribution in [2.75, 3.05) is 5.75 Å². The predicted molar refractivity (Wildman–Crippen MR) is 97.2 cm³/mol. The number of aryl methyl sites for hydroxylation is 2. The number of oxazole rings is 1. The average Bonchev–Trinajstić information content (AvgIpc) is 2.90. The number of fused-ring (bicyclic) bond motifs is 1. The van der Waals surface area contributed by atoms with Gasteiger partial charge < -0.3 is 9.73 Å². The van der Waals surface area contributed by atoms with Gasteiger partial charge in [0.05, 0.1) is 17.5 Å². The Labute approximate surface area is 145 Å². The molecule has 0 aliphatic heterocycles. The van der Waals surface area contributed by atoms with Crippen LogP contribution in [0.3, 0.4) is 0 Å². The first kappa shape index (κ1) is 16.6. The second-order valence-electron chi connectivity index (χ2n) is 5.81. The first-order chi connectivity index (χ1) is 11.5. The largest absolute Gasteiger partial charge is 0.437 e. The molecule has 2 aromatic carbocycles. The zero-order chi connectivity index (χ0) is 17.1. The highest BCUT2D eigenvalue weighted by molar-refractivity contribution is 7.99. The number of benzene rings is 2. The fraction of sp³-hybridized carbons (Fsp3) is 0.263. The molecule has 0 saturated heterocycles. The van der Waals surface area contributed by atoms with E-state index in [-0.39, 0.29) is 17.7 Å². The van der Waals surface area contributed by atoms with Crippen LogP contribution in [0.25, 0.3) is 10.8 Å². The Balaban J connectivity index is 1.60. The number of nitrogens with zero attached hydrogens (tertiary/aromatic N) is 1. The standard InChI is InChI=1S/C19H20N2O2S/c1-12-14(3)23-19(21-12)24-11-18(22)20-13(2)16-9-8-15-6-4-5-7-17(15)10-16/h4-10,13H,11H2,1-3H3,(H,20,22). The van der Waals surface area contributed by atoms with Crippen LogP contribution in [-0.4, -0.2) is 16.6 Å². The highest BCUT2D eigenvalue weighted by Gasteiger charge is 2.13. The van der Waals surface area contributed by atoms with Crippen LogP contribution in [-0.2, 0) is 4.79 Å². The van der Waals surface area contributed by atoms with Gasteiger partial charge in [0.2, 0.25) is 5.91 Å². The third-order valence-electron chi connectivity index (χ3n) is 3.99. The molecule has 0 saturated carbocycles. The molecule has 1 atom stereocenters. The van der Waals surface area contributed by atoms with Crippen LogP contribution in [0, 0.1) is 13.8 Å². The van der Waals surface area contributed by atoms with Gasteiger partial charge in [0.25, 0.3) is 5.22 Å². The lowest BCUT2D eigenvalue weighted by atomic mass is 10.0. The summed E-state index contributed by atoms with van der Waals surface area (Å²) in [5.41, 5.74) is 1.96. The highest BCUT2D eigenvalue weighted by Crippen LogP contribution is 2.22. The van der Waals surface area contributed by atoms with Gasteiger partial charge in [-0.25, -0.2) is 4.98 Å². The summed E-state index contributed by atoms with van der Waals surface area (Å²) < 4.78 is 5.47. The van der Waals surface area contributed by atoms with Crippen LogP contribution in [0.1, 0.15) is 30.0 Å². The Hall–Kier alpha value is -2.27. The molecule has 0 fully saturated rings. The van der Waals surface area contributed by atoms with E-state index in [0.717, 1.165) is 17.0 Å². The number of hydrogen-bond acceptors (Lipinski definition) is 4. The zero-order valence-electron chi connectivity index (χ0n) is 14.0. The quantitative estimate of drug-likeness (QED) is 0.699. The third kappa shape index (κ3) is 3.79.